The van der Waals surface area contributed by atoms with Crippen molar-refractivity contribution in [3.05, 3.63) is 182 Å². The monoisotopic (exact) mass is 761 g/mol. The van der Waals surface area contributed by atoms with Gasteiger partial charge in [0, 0.05) is 31.4 Å². The zero-order valence-corrected chi connectivity index (χ0v) is 30.2. The summed E-state index contributed by atoms with van der Waals surface area (Å²) in [6.07, 6.45) is 0. The van der Waals surface area contributed by atoms with E-state index in [1.807, 2.05) is 133 Å². The Kier molecular flexibility index (Phi) is 15.0. The maximum absolute atomic E-state index is 10.8. The Balaban J connectivity index is 0.000000259. The Morgan fingerprint density at radius 3 is 1.29 bits per heavy atom. The maximum Gasteiger partial charge on any atom is 0.261 e. The fourth-order valence-corrected chi connectivity index (χ4v) is 3.91. The van der Waals surface area contributed by atoms with Crippen molar-refractivity contribution in [3.8, 4) is 28.3 Å². The van der Waals surface area contributed by atoms with Crippen LogP contribution in [0.2, 0.25) is 0 Å². The molecule has 0 spiro atoms. The predicted molar refractivity (Wildman–Crippen MR) is 183 cm³/mol. The van der Waals surface area contributed by atoms with Crippen molar-refractivity contribution in [3.63, 3.8) is 0 Å². The van der Waals surface area contributed by atoms with E-state index in [-0.39, 0.29) is 37.0 Å². The molecule has 6 rings (SSSR count). The van der Waals surface area contributed by atoms with Crippen LogP contribution < -0.4 is 0 Å². The van der Waals surface area contributed by atoms with E-state index in [1.54, 1.807) is 6.92 Å². The molecule has 0 aliphatic heterocycles. The summed E-state index contributed by atoms with van der Waals surface area (Å²) in [5, 5.41) is 14.6. The summed E-state index contributed by atoms with van der Waals surface area (Å²) < 4.78 is 5.27. The third kappa shape index (κ3) is 12.6. The van der Waals surface area contributed by atoms with E-state index in [2.05, 4.69) is 51.7 Å². The molecule has 0 aliphatic carbocycles. The van der Waals surface area contributed by atoms with Gasteiger partial charge in [-0.05, 0) is 35.6 Å². The number of aryl methyl sites for hydroxylation is 1. The van der Waals surface area contributed by atoms with Crippen molar-refractivity contribution in [1.29, 1.82) is 0 Å². The van der Waals surface area contributed by atoms with Crippen LogP contribution in [0, 0.1) is 27.7 Å². The molecule has 5 aromatic carbocycles. The van der Waals surface area contributed by atoms with Crippen LogP contribution in [-0.2, 0) is 31.3 Å². The smallest absolute Gasteiger partial charge is 0.261 e. The van der Waals surface area contributed by atoms with E-state index in [0.717, 1.165) is 33.4 Å². The molecule has 0 bridgehead atoms. The van der Waals surface area contributed by atoms with Crippen molar-refractivity contribution in [1.82, 2.24) is 10.1 Å². The minimum absolute atomic E-state index is 0. The molecule has 45 heavy (non-hydrogen) atoms. The Morgan fingerprint density at radius 2 is 0.978 bits per heavy atom. The standard InChI is InChI=1S/C19H20N2O2.3C7H7.Hf/c1-12-20-18(23-21-12)16-11-14(19(2,3)4)10-15(17(16)22)13-8-6-5-7-9-13;3*1-7-5-3-2-4-6-7;/h5-11,22H,1-4H3;3*2-6H,1H2;/q;3*-1;. The van der Waals surface area contributed by atoms with Gasteiger partial charge in [0.25, 0.3) is 5.89 Å². The quantitative estimate of drug-likeness (QED) is 0.141. The van der Waals surface area contributed by atoms with E-state index in [0.29, 0.717) is 17.3 Å². The molecule has 5 heteroatoms. The number of nitrogens with zero attached hydrogens (tertiary/aromatic N) is 2. The Labute approximate surface area is 288 Å². The first-order chi connectivity index (χ1) is 21.0. The van der Waals surface area contributed by atoms with Gasteiger partial charge >= 0.3 is 0 Å². The third-order valence-corrected chi connectivity index (χ3v) is 6.35. The molecule has 4 nitrogen and oxygen atoms in total. The summed E-state index contributed by atoms with van der Waals surface area (Å²) in [6.45, 7) is 19.3. The van der Waals surface area contributed by atoms with Gasteiger partial charge in [-0.1, -0.05) is 74.5 Å². The summed E-state index contributed by atoms with van der Waals surface area (Å²) in [5.41, 5.74) is 6.53. The number of hydrogen-bond acceptors (Lipinski definition) is 4. The third-order valence-electron chi connectivity index (χ3n) is 6.35. The second-order valence-corrected chi connectivity index (χ2v) is 11.1. The van der Waals surface area contributed by atoms with Crippen molar-refractivity contribution >= 4 is 0 Å². The zero-order valence-electron chi connectivity index (χ0n) is 26.6. The van der Waals surface area contributed by atoms with Gasteiger partial charge in [0.1, 0.15) is 5.75 Å². The maximum atomic E-state index is 10.8. The molecule has 1 aromatic heterocycles. The molecular weight excluding hydrogens is 719 g/mol. The second-order valence-electron chi connectivity index (χ2n) is 11.1. The molecule has 0 radical (unpaired) electrons. The second kappa shape index (κ2) is 18.4. The van der Waals surface area contributed by atoms with E-state index in [9.17, 15) is 5.11 Å². The van der Waals surface area contributed by atoms with Gasteiger partial charge in [0.15, 0.2) is 5.82 Å². The Hall–Kier alpha value is -4.48. The summed E-state index contributed by atoms with van der Waals surface area (Å²) in [5.74, 6) is 1.04. The average molecular weight is 760 g/mol. The molecule has 0 saturated heterocycles. The number of phenolic OH excluding ortho intramolecular Hbond substituents is 1. The topological polar surface area (TPSA) is 59.2 Å². The van der Waals surface area contributed by atoms with Crippen molar-refractivity contribution < 1.29 is 35.5 Å². The molecule has 0 amide bonds. The molecule has 6 aromatic rings. The molecule has 1 N–H and O–H groups in total. The van der Waals surface area contributed by atoms with Gasteiger partial charge in [-0.25, -0.2) is 0 Å². The minimum atomic E-state index is -0.0684. The minimum Gasteiger partial charge on any atom is -0.506 e. The van der Waals surface area contributed by atoms with Crippen LogP contribution in [0.1, 0.15) is 48.8 Å². The number of benzene rings is 5. The molecule has 0 fully saturated rings. The van der Waals surface area contributed by atoms with Gasteiger partial charge in [-0.3, -0.25) is 0 Å². The molecule has 0 atom stereocenters. The Bertz CT molecular complexity index is 1570. The van der Waals surface area contributed by atoms with Gasteiger partial charge < -0.3 is 9.63 Å². The fourth-order valence-electron chi connectivity index (χ4n) is 3.91. The zero-order chi connectivity index (χ0) is 32.0. The first-order valence-electron chi connectivity index (χ1n) is 14.4. The normalized spacial score (nSPS) is 9.96. The molecular formula is C40H41HfN2O2-3. The SMILES string of the molecule is Cc1noc(-c2cc(C(C)(C)C)cc(-c3ccccc3)c2O)n1.[CH2-]c1ccccc1.[CH2-]c1ccccc1.[CH2-]c1ccccc1.[Hf]. The van der Waals surface area contributed by atoms with Crippen LogP contribution in [0.4, 0.5) is 0 Å². The van der Waals surface area contributed by atoms with Crippen molar-refractivity contribution in [2.45, 2.75) is 33.1 Å². The average Bonchev–Trinajstić information content (AvgIpc) is 3.45. The summed E-state index contributed by atoms with van der Waals surface area (Å²) in [6, 6.07) is 43.4. The van der Waals surface area contributed by atoms with Gasteiger partial charge in [-0.2, -0.15) is 78.8 Å². The van der Waals surface area contributed by atoms with Crippen LogP contribution in [0.15, 0.2) is 138 Å². The first-order valence-corrected chi connectivity index (χ1v) is 14.4. The van der Waals surface area contributed by atoms with Gasteiger partial charge in [0.2, 0.25) is 0 Å². The van der Waals surface area contributed by atoms with Crippen LogP contribution >= 0.6 is 0 Å². The Morgan fingerprint density at radius 1 is 0.600 bits per heavy atom. The van der Waals surface area contributed by atoms with Crippen LogP contribution in [0.25, 0.3) is 22.6 Å². The van der Waals surface area contributed by atoms with E-state index < -0.39 is 0 Å². The summed E-state index contributed by atoms with van der Waals surface area (Å²) >= 11 is 0. The molecule has 0 unspecified atom stereocenters. The van der Waals surface area contributed by atoms with E-state index in [1.165, 1.54) is 0 Å². The number of hydrogen-bond donors (Lipinski definition) is 1. The van der Waals surface area contributed by atoms with Gasteiger partial charge in [-0.15, -0.1) is 36.4 Å². The van der Waals surface area contributed by atoms with E-state index in [4.69, 9.17) is 4.52 Å². The summed E-state index contributed by atoms with van der Waals surface area (Å²) in [4.78, 5) is 4.26. The summed E-state index contributed by atoms with van der Waals surface area (Å²) in [7, 11) is 0. The number of aromatic nitrogens is 2. The fraction of sp³-hybridized carbons (Fsp3) is 0.125. The van der Waals surface area contributed by atoms with Gasteiger partial charge in [0.05, 0.1) is 5.56 Å². The molecule has 1 heterocycles. The van der Waals surface area contributed by atoms with Crippen molar-refractivity contribution in [2.24, 2.45) is 0 Å². The van der Waals surface area contributed by atoms with Crippen molar-refractivity contribution in [2.75, 3.05) is 0 Å². The molecule has 230 valence electrons. The first kappa shape index (κ1) is 36.7. The van der Waals surface area contributed by atoms with E-state index >= 15 is 0 Å². The molecule has 0 saturated carbocycles. The molecule has 0 aliphatic rings. The number of aromatic hydroxyl groups is 1. The van der Waals surface area contributed by atoms with Crippen LogP contribution in [-0.4, -0.2) is 15.2 Å². The largest absolute Gasteiger partial charge is 0.506 e. The van der Waals surface area contributed by atoms with Crippen LogP contribution in [0.3, 0.4) is 0 Å². The predicted octanol–water partition coefficient (Wildman–Crippen LogP) is 10.3. The number of phenols is 1. The number of rotatable bonds is 2. The van der Waals surface area contributed by atoms with Crippen LogP contribution in [0.5, 0.6) is 5.75 Å².